The summed E-state index contributed by atoms with van der Waals surface area (Å²) in [4.78, 5) is 40.5. The van der Waals surface area contributed by atoms with Gasteiger partial charge in [-0.15, -0.1) is 0 Å². The molecule has 1 aliphatic heterocycles. The average molecular weight is 479 g/mol. The van der Waals surface area contributed by atoms with E-state index in [1.54, 1.807) is 30.3 Å². The molecule has 0 spiro atoms. The van der Waals surface area contributed by atoms with Gasteiger partial charge in [0.2, 0.25) is 0 Å². The third-order valence-electron chi connectivity index (χ3n) is 7.13. The topological polar surface area (TPSA) is 75.7 Å². The summed E-state index contributed by atoms with van der Waals surface area (Å²) in [6, 6.07) is 13.7. The van der Waals surface area contributed by atoms with Gasteiger partial charge in [0.05, 0.1) is 17.2 Å². The quantitative estimate of drug-likeness (QED) is 0.426. The molecule has 0 saturated carbocycles. The molecule has 188 valence electrons. The van der Waals surface area contributed by atoms with Crippen molar-refractivity contribution in [3.63, 3.8) is 0 Å². The predicted molar refractivity (Wildman–Crippen MR) is 138 cm³/mol. The van der Waals surface area contributed by atoms with E-state index < -0.39 is 17.9 Å². The van der Waals surface area contributed by atoms with Gasteiger partial charge in [-0.2, -0.15) is 0 Å². The molecule has 2 unspecified atom stereocenters. The molecule has 1 fully saturated rings. The Labute approximate surface area is 209 Å². The highest BCUT2D eigenvalue weighted by Crippen LogP contribution is 2.37. The molecule has 0 bridgehead atoms. The van der Waals surface area contributed by atoms with Crippen LogP contribution in [0, 0.1) is 5.92 Å². The van der Waals surface area contributed by atoms with Gasteiger partial charge in [-0.3, -0.25) is 9.59 Å². The van der Waals surface area contributed by atoms with Crippen LogP contribution in [0.2, 0.25) is 0 Å². The lowest BCUT2D eigenvalue weighted by Crippen LogP contribution is -2.43. The number of ether oxygens (including phenoxy) is 1. The van der Waals surface area contributed by atoms with Crippen molar-refractivity contribution in [2.75, 3.05) is 20.1 Å². The first-order chi connectivity index (χ1) is 16.7. The molecule has 6 heteroatoms. The van der Waals surface area contributed by atoms with Gasteiger partial charge in [0, 0.05) is 12.0 Å². The molecule has 0 aliphatic carbocycles. The van der Waals surface area contributed by atoms with E-state index >= 15 is 0 Å². The van der Waals surface area contributed by atoms with Gasteiger partial charge >= 0.3 is 5.97 Å². The zero-order valence-corrected chi connectivity index (χ0v) is 21.6. The number of carbonyl (C=O) groups is 3. The summed E-state index contributed by atoms with van der Waals surface area (Å²) in [6.07, 6.45) is 4.46. The van der Waals surface area contributed by atoms with Gasteiger partial charge in [-0.25, -0.2) is 4.79 Å². The molecule has 1 N–H and O–H groups in total. The molecular formula is C29H38N2O4. The molecule has 1 saturated heterocycles. The summed E-state index contributed by atoms with van der Waals surface area (Å²) in [5.41, 5.74) is 1.55. The van der Waals surface area contributed by atoms with Crippen LogP contribution in [0.1, 0.15) is 79.7 Å². The number of hydrogen-bond donors (Lipinski definition) is 1. The van der Waals surface area contributed by atoms with Gasteiger partial charge < -0.3 is 15.0 Å². The summed E-state index contributed by atoms with van der Waals surface area (Å²) in [6.45, 7) is 9.47. The Morgan fingerprint density at radius 3 is 2.43 bits per heavy atom. The number of hydrogen-bond acceptors (Lipinski definition) is 5. The third kappa shape index (κ3) is 6.37. The number of rotatable bonds is 8. The highest BCUT2D eigenvalue weighted by Gasteiger charge is 2.33. The molecule has 1 aliphatic rings. The van der Waals surface area contributed by atoms with Crippen molar-refractivity contribution in [2.24, 2.45) is 5.92 Å². The van der Waals surface area contributed by atoms with Crippen LogP contribution in [0.3, 0.4) is 0 Å². The smallest absolute Gasteiger partial charge is 0.344 e. The molecule has 1 amide bonds. The van der Waals surface area contributed by atoms with E-state index in [2.05, 4.69) is 30.3 Å². The largest absolute Gasteiger partial charge is 0.423 e. The second-order valence-corrected chi connectivity index (χ2v) is 10.1. The van der Waals surface area contributed by atoms with Crippen LogP contribution in [0.4, 0.5) is 0 Å². The number of benzene rings is 2. The number of esters is 1. The minimum absolute atomic E-state index is 0.0179. The highest BCUT2D eigenvalue weighted by molar-refractivity contribution is 6.07. The Bertz CT molecular complexity index is 1060. The highest BCUT2D eigenvalue weighted by atomic mass is 16.5. The Balaban J connectivity index is 1.84. The van der Waals surface area contributed by atoms with Gasteiger partial charge in [0.15, 0.2) is 5.78 Å². The fourth-order valence-electron chi connectivity index (χ4n) is 5.12. The number of ketones is 1. The molecule has 2 aromatic rings. The lowest BCUT2D eigenvalue weighted by atomic mass is 9.74. The van der Waals surface area contributed by atoms with Gasteiger partial charge in [0.1, 0.15) is 5.75 Å². The first-order valence-corrected chi connectivity index (χ1v) is 12.6. The summed E-state index contributed by atoms with van der Waals surface area (Å²) in [5, 5.41) is 2.77. The van der Waals surface area contributed by atoms with Crippen LogP contribution in [-0.2, 0) is 10.2 Å². The monoisotopic (exact) mass is 478 g/mol. The van der Waals surface area contributed by atoms with Gasteiger partial charge in [-0.05, 0) is 75.5 Å². The second-order valence-electron chi connectivity index (χ2n) is 10.1. The third-order valence-corrected chi connectivity index (χ3v) is 7.13. The fraction of sp³-hybridized carbons (Fsp3) is 0.483. The van der Waals surface area contributed by atoms with Crippen LogP contribution in [-0.4, -0.2) is 48.7 Å². The lowest BCUT2D eigenvalue weighted by Gasteiger charge is -2.35. The van der Waals surface area contributed by atoms with Crippen molar-refractivity contribution < 1.29 is 19.1 Å². The molecule has 0 radical (unpaired) electrons. The maximum Gasteiger partial charge on any atom is 0.344 e. The molecule has 0 aromatic heterocycles. The number of likely N-dealkylation sites (tertiary alicyclic amines) is 1. The first kappa shape index (κ1) is 26.6. The maximum absolute atomic E-state index is 13.2. The second kappa shape index (κ2) is 11.6. The molecule has 1 heterocycles. The van der Waals surface area contributed by atoms with Crippen LogP contribution < -0.4 is 10.1 Å². The van der Waals surface area contributed by atoms with Crippen molar-refractivity contribution in [2.45, 2.75) is 64.8 Å². The number of Topliss-reactive ketones (excluding diaryl/α,β-unsaturated/α-hetero) is 1. The van der Waals surface area contributed by atoms with Crippen molar-refractivity contribution >= 4 is 17.7 Å². The normalized spacial score (nSPS) is 19.6. The standard InChI is InChI=1S/C29H38N2O4/c1-6-29(16-9-10-17-31(5)19-29)22-12-11-13-23(18-22)35-28(34)25-15-8-7-14-24(25)27(33)30-26(20(2)3)21(4)32/h7-8,11-15,18,20,26H,6,9-10,16-17,19H2,1-5H3,(H,30,33). The van der Waals surface area contributed by atoms with Crippen LogP contribution in [0.15, 0.2) is 48.5 Å². The number of nitrogens with zero attached hydrogens (tertiary/aromatic N) is 1. The van der Waals surface area contributed by atoms with E-state index in [0.29, 0.717) is 5.75 Å². The lowest BCUT2D eigenvalue weighted by molar-refractivity contribution is -0.119. The van der Waals surface area contributed by atoms with E-state index in [1.165, 1.54) is 25.3 Å². The molecule has 35 heavy (non-hydrogen) atoms. The number of amides is 1. The minimum Gasteiger partial charge on any atom is -0.423 e. The Hall–Kier alpha value is -2.99. The van der Waals surface area contributed by atoms with Crippen LogP contribution in [0.5, 0.6) is 5.75 Å². The Morgan fingerprint density at radius 1 is 1.06 bits per heavy atom. The van der Waals surface area contributed by atoms with Crippen molar-refractivity contribution in [1.82, 2.24) is 10.2 Å². The van der Waals surface area contributed by atoms with Crippen molar-refractivity contribution in [3.05, 3.63) is 65.2 Å². The predicted octanol–water partition coefficient (Wildman–Crippen LogP) is 5.01. The van der Waals surface area contributed by atoms with E-state index in [-0.39, 0.29) is 28.2 Å². The summed E-state index contributed by atoms with van der Waals surface area (Å²) in [5.74, 6) is -0.787. The Morgan fingerprint density at radius 2 is 1.77 bits per heavy atom. The van der Waals surface area contributed by atoms with Gasteiger partial charge in [-0.1, -0.05) is 51.5 Å². The number of likely N-dealkylation sites (N-methyl/N-ethyl adjacent to an activating group) is 1. The first-order valence-electron chi connectivity index (χ1n) is 12.6. The Kier molecular flexibility index (Phi) is 8.84. The maximum atomic E-state index is 13.2. The van der Waals surface area contributed by atoms with E-state index in [0.717, 1.165) is 25.9 Å². The van der Waals surface area contributed by atoms with Crippen molar-refractivity contribution in [1.29, 1.82) is 0 Å². The van der Waals surface area contributed by atoms with E-state index in [1.807, 2.05) is 26.0 Å². The molecule has 3 rings (SSSR count). The van der Waals surface area contributed by atoms with Gasteiger partial charge in [0.25, 0.3) is 5.91 Å². The SMILES string of the molecule is CCC1(c2cccc(OC(=O)c3ccccc3C(=O)NC(C(C)=O)C(C)C)c2)CCCCN(C)C1. The number of nitrogens with one attached hydrogen (secondary N) is 1. The fourth-order valence-corrected chi connectivity index (χ4v) is 5.12. The molecule has 2 atom stereocenters. The van der Waals surface area contributed by atoms with Crippen LogP contribution in [0.25, 0.3) is 0 Å². The molecule has 6 nitrogen and oxygen atoms in total. The zero-order chi connectivity index (χ0) is 25.6. The average Bonchev–Trinajstić information content (AvgIpc) is 3.04. The van der Waals surface area contributed by atoms with E-state index in [4.69, 9.17) is 4.74 Å². The molecular weight excluding hydrogens is 440 g/mol. The van der Waals surface area contributed by atoms with Crippen molar-refractivity contribution in [3.8, 4) is 5.75 Å². The number of carbonyl (C=O) groups excluding carboxylic acids is 3. The van der Waals surface area contributed by atoms with E-state index in [9.17, 15) is 14.4 Å². The summed E-state index contributed by atoms with van der Waals surface area (Å²) in [7, 11) is 2.16. The zero-order valence-electron chi connectivity index (χ0n) is 21.6. The minimum atomic E-state index is -0.619. The van der Waals surface area contributed by atoms with Crippen LogP contribution >= 0.6 is 0 Å². The summed E-state index contributed by atoms with van der Waals surface area (Å²) >= 11 is 0. The molecule has 2 aromatic carbocycles. The summed E-state index contributed by atoms with van der Waals surface area (Å²) < 4.78 is 5.77.